The van der Waals surface area contributed by atoms with Crippen molar-refractivity contribution in [3.63, 3.8) is 0 Å². The number of aliphatic hydroxyl groups excluding tert-OH is 1. The van der Waals surface area contributed by atoms with Gasteiger partial charge in [0.1, 0.15) is 37.1 Å². The summed E-state index contributed by atoms with van der Waals surface area (Å²) in [5.74, 6) is -3.28. The Morgan fingerprint density at radius 2 is 1.62 bits per heavy atom. The van der Waals surface area contributed by atoms with Crippen molar-refractivity contribution in [3.05, 3.63) is 122 Å². The first-order chi connectivity index (χ1) is 30.2. The van der Waals surface area contributed by atoms with Crippen LogP contribution in [0.4, 0.5) is 4.79 Å². The smallest absolute Gasteiger partial charge is 0.410 e. The fourth-order valence-corrected chi connectivity index (χ4v) is 7.09. The summed E-state index contributed by atoms with van der Waals surface area (Å²) >= 11 is 12.5. The molecule has 3 aromatic rings. The lowest BCUT2D eigenvalue weighted by molar-refractivity contribution is -0.525. The van der Waals surface area contributed by atoms with Gasteiger partial charge < -0.3 is 41.0 Å². The highest BCUT2D eigenvalue weighted by Crippen LogP contribution is 2.26. The number of aliphatic imine (C=N–C) groups is 1. The van der Waals surface area contributed by atoms with Crippen LogP contribution in [0.25, 0.3) is 0 Å². The van der Waals surface area contributed by atoms with Crippen LogP contribution in [-0.2, 0) is 48.1 Å². The molecule has 0 aromatic heterocycles. The van der Waals surface area contributed by atoms with Gasteiger partial charge >= 0.3 is 12.1 Å². The third-order valence-corrected chi connectivity index (χ3v) is 10.5. The van der Waals surface area contributed by atoms with Gasteiger partial charge in [0.05, 0.1) is 13.2 Å². The predicted octanol–water partition coefficient (Wildman–Crippen LogP) is 3.01. The van der Waals surface area contributed by atoms with Gasteiger partial charge in [-0.05, 0) is 61.1 Å². The minimum Gasteiger partial charge on any atom is -0.489 e. The molecule has 338 valence electrons. The molecule has 1 heterocycles. The number of nitrogens with two attached hydrogens (primary N) is 1. The van der Waals surface area contributed by atoms with Crippen molar-refractivity contribution in [3.8, 4) is 5.75 Å². The summed E-state index contributed by atoms with van der Waals surface area (Å²) in [4.78, 5) is 83.1. The molecule has 1 aliphatic heterocycles. The number of amides is 4. The van der Waals surface area contributed by atoms with Gasteiger partial charge in [-0.1, -0.05) is 89.8 Å². The molecule has 1 saturated heterocycles. The molecule has 4 amide bonds. The molecule has 0 bridgehead atoms. The molecule has 1 unspecified atom stereocenters. The van der Waals surface area contributed by atoms with E-state index in [1.807, 2.05) is 0 Å². The molecule has 63 heavy (non-hydrogen) atoms. The van der Waals surface area contributed by atoms with Crippen LogP contribution in [0.3, 0.4) is 0 Å². The van der Waals surface area contributed by atoms with Crippen molar-refractivity contribution in [2.24, 2.45) is 10.7 Å². The Balaban J connectivity index is 1.51. The van der Waals surface area contributed by atoms with E-state index in [9.17, 15) is 39.2 Å². The SMILES string of the molecule is C=CCOC(=O)N1CCC[C@H]1C(=O)N[C@@H](CCCN=C(N)N[N+](=O)[O-])C(O)C(=O)N[C@H](Cc1ccccc1)C(=O)N[C@@H](Cc1ccc(OCc2c(Cl)cccc2Cl)cc1)C(=O)OC. The van der Waals surface area contributed by atoms with Crippen LogP contribution in [0.2, 0.25) is 10.0 Å². The molecule has 1 fully saturated rings. The highest BCUT2D eigenvalue weighted by atomic mass is 35.5. The lowest BCUT2D eigenvalue weighted by Gasteiger charge is -2.29. The van der Waals surface area contributed by atoms with Gasteiger partial charge in [-0.3, -0.25) is 19.3 Å². The molecule has 0 aliphatic carbocycles. The Hall–Kier alpha value is -6.44. The number of nitrogens with one attached hydrogen (secondary N) is 4. The second-order valence-corrected chi connectivity index (χ2v) is 15.0. The molecule has 0 radical (unpaired) electrons. The Labute approximate surface area is 373 Å². The highest BCUT2D eigenvalue weighted by Gasteiger charge is 2.38. The number of nitrogens with zero attached hydrogens (tertiary/aromatic N) is 3. The molecule has 0 spiro atoms. The number of likely N-dealkylation sites (tertiary alicyclic amines) is 1. The largest absolute Gasteiger partial charge is 0.489 e. The van der Waals surface area contributed by atoms with E-state index in [-0.39, 0.29) is 58.4 Å². The molecule has 4 rings (SSSR count). The van der Waals surface area contributed by atoms with Crippen LogP contribution in [0.1, 0.15) is 42.4 Å². The first kappa shape index (κ1) is 49.2. The number of hydrazine groups is 1. The maximum atomic E-state index is 14.0. The van der Waals surface area contributed by atoms with Gasteiger partial charge in [0.25, 0.3) is 11.9 Å². The summed E-state index contributed by atoms with van der Waals surface area (Å²) in [6.45, 7) is 3.67. The average Bonchev–Trinajstić information content (AvgIpc) is 3.77. The Bertz CT molecular complexity index is 2070. The molecule has 19 nitrogen and oxygen atoms in total. The third-order valence-electron chi connectivity index (χ3n) is 9.78. The van der Waals surface area contributed by atoms with E-state index in [2.05, 4.69) is 27.5 Å². The van der Waals surface area contributed by atoms with Crippen LogP contribution in [0.15, 0.2) is 90.4 Å². The van der Waals surface area contributed by atoms with Crippen LogP contribution < -0.4 is 31.8 Å². The minimum atomic E-state index is -1.97. The second-order valence-electron chi connectivity index (χ2n) is 14.2. The van der Waals surface area contributed by atoms with Crippen molar-refractivity contribution in [2.75, 3.05) is 26.8 Å². The van der Waals surface area contributed by atoms with Crippen LogP contribution in [-0.4, -0.2) is 108 Å². The number of carbonyl (C=O) groups excluding carboxylic acids is 5. The van der Waals surface area contributed by atoms with Gasteiger partial charge in [-0.25, -0.2) is 24.7 Å². The molecule has 3 aromatic carbocycles. The van der Waals surface area contributed by atoms with Gasteiger partial charge in [0.15, 0.2) is 11.1 Å². The first-order valence-electron chi connectivity index (χ1n) is 19.8. The van der Waals surface area contributed by atoms with Gasteiger partial charge in [0, 0.05) is 41.5 Å². The second kappa shape index (κ2) is 24.9. The number of benzene rings is 3. The van der Waals surface area contributed by atoms with Crippen LogP contribution >= 0.6 is 23.2 Å². The molecule has 21 heteroatoms. The highest BCUT2D eigenvalue weighted by molar-refractivity contribution is 6.35. The first-order valence-corrected chi connectivity index (χ1v) is 20.6. The van der Waals surface area contributed by atoms with Crippen molar-refractivity contribution in [1.82, 2.24) is 26.3 Å². The number of ether oxygens (including phenoxy) is 3. The van der Waals surface area contributed by atoms with E-state index in [1.165, 1.54) is 18.1 Å². The summed E-state index contributed by atoms with van der Waals surface area (Å²) in [5.41, 5.74) is 9.09. The number of aliphatic hydroxyl groups is 1. The van der Waals surface area contributed by atoms with Crippen molar-refractivity contribution in [1.29, 1.82) is 0 Å². The van der Waals surface area contributed by atoms with Crippen molar-refractivity contribution >= 4 is 58.9 Å². The number of esters is 1. The number of halogens is 2. The molecule has 5 atom stereocenters. The number of nitro groups is 1. The number of hydrogen-bond acceptors (Lipinski definition) is 12. The average molecular weight is 914 g/mol. The number of methoxy groups -OCH3 is 1. The topological polar surface area (TPSA) is 266 Å². The van der Waals surface area contributed by atoms with Crippen molar-refractivity contribution < 1.29 is 48.3 Å². The van der Waals surface area contributed by atoms with Gasteiger partial charge in [-0.2, -0.15) is 0 Å². The number of rotatable bonds is 22. The van der Waals surface area contributed by atoms with E-state index in [0.717, 1.165) is 0 Å². The summed E-state index contributed by atoms with van der Waals surface area (Å²) < 4.78 is 16.0. The lowest BCUT2D eigenvalue weighted by atomic mass is 10.0. The fraction of sp³-hybridized carbons (Fsp3) is 0.381. The lowest BCUT2D eigenvalue weighted by Crippen LogP contribution is -2.58. The monoisotopic (exact) mass is 912 g/mol. The van der Waals surface area contributed by atoms with Crippen molar-refractivity contribution in [2.45, 2.75) is 75.4 Å². The molecular weight excluding hydrogens is 863 g/mol. The van der Waals surface area contributed by atoms with Gasteiger partial charge in [0.2, 0.25) is 11.8 Å². The maximum Gasteiger partial charge on any atom is 0.410 e. The van der Waals surface area contributed by atoms with E-state index >= 15 is 0 Å². The summed E-state index contributed by atoms with van der Waals surface area (Å²) in [5, 5.41) is 30.1. The van der Waals surface area contributed by atoms with Crippen LogP contribution in [0, 0.1) is 10.1 Å². The Kier molecular flexibility index (Phi) is 19.4. The standard InChI is InChI=1S/C42H50Cl2N8O11/c1-3-22-62-42(58)51-21-9-15-35(51)38(55)47-32(14-8-20-46-41(45)50-52(59)60)36(53)39(56)48-33(23-26-10-5-4-6-11-26)37(54)49-34(40(57)61-2)24-27-16-18-28(19-17-27)63-25-29-30(43)12-7-13-31(29)44/h3-7,10-13,16-19,32-36,53H,1,8-9,14-15,20-25H2,2H3,(H,47,55)(H,48,56)(H,49,54)(H3,45,46,50)/t32-,33+,34-,35-,36?/m0/s1. The van der Waals surface area contributed by atoms with E-state index in [0.29, 0.717) is 38.9 Å². The van der Waals surface area contributed by atoms with E-state index < -0.39 is 71.0 Å². The summed E-state index contributed by atoms with van der Waals surface area (Å²) in [6.07, 6.45) is -0.685. The number of carbonyl (C=O) groups is 5. The predicted molar refractivity (Wildman–Crippen MR) is 232 cm³/mol. The van der Waals surface area contributed by atoms with Gasteiger partial charge in [-0.15, -0.1) is 0 Å². The quantitative estimate of drug-likeness (QED) is 0.0161. The molecule has 1 aliphatic rings. The Morgan fingerprint density at radius 1 is 0.968 bits per heavy atom. The number of hydrogen-bond donors (Lipinski definition) is 6. The molecule has 0 saturated carbocycles. The zero-order valence-corrected chi connectivity index (χ0v) is 35.9. The fourth-order valence-electron chi connectivity index (χ4n) is 6.59. The molecular formula is C42H50Cl2N8O11. The summed E-state index contributed by atoms with van der Waals surface area (Å²) in [7, 11) is 1.17. The van der Waals surface area contributed by atoms with E-state index in [4.69, 9.17) is 43.1 Å². The van der Waals surface area contributed by atoms with E-state index in [1.54, 1.807) is 78.2 Å². The maximum absolute atomic E-state index is 14.0. The minimum absolute atomic E-state index is 0.0126. The zero-order valence-electron chi connectivity index (χ0n) is 34.4. The number of guanidine groups is 1. The van der Waals surface area contributed by atoms with Crippen LogP contribution in [0.5, 0.6) is 5.75 Å². The Morgan fingerprint density at radius 3 is 2.27 bits per heavy atom. The summed E-state index contributed by atoms with van der Waals surface area (Å²) in [6, 6.07) is 15.7. The molecule has 7 N–H and O–H groups in total. The zero-order chi connectivity index (χ0) is 45.9. The normalized spacial score (nSPS) is 15.5. The third kappa shape index (κ3) is 15.5.